The van der Waals surface area contributed by atoms with Crippen molar-refractivity contribution in [2.45, 2.75) is 44.1 Å². The largest absolute Gasteiger partial charge is 0.508 e. The topological polar surface area (TPSA) is 89.5 Å². The second kappa shape index (κ2) is 4.24. The molecular formula is C11H14O8. The fourth-order valence-electron chi connectivity index (χ4n) is 2.40. The van der Waals surface area contributed by atoms with E-state index < -0.39 is 42.5 Å². The first-order valence-electron chi connectivity index (χ1n) is 5.97. The number of hydrogen-bond donors (Lipinski definition) is 0. The number of cyclic esters (lactones) is 4. The van der Waals surface area contributed by atoms with Crippen LogP contribution in [0.1, 0.15) is 13.8 Å². The average Bonchev–Trinajstić information content (AvgIpc) is 2.98. The van der Waals surface area contributed by atoms with Crippen LogP contribution in [0.2, 0.25) is 0 Å². The molecule has 0 aliphatic carbocycles. The maximum Gasteiger partial charge on any atom is 0.508 e. The summed E-state index contributed by atoms with van der Waals surface area (Å²) in [6.07, 6.45) is -3.78. The van der Waals surface area contributed by atoms with Crippen molar-refractivity contribution in [3.05, 3.63) is 0 Å². The van der Waals surface area contributed by atoms with Gasteiger partial charge in [-0.3, -0.25) is 0 Å². The molecule has 0 spiro atoms. The van der Waals surface area contributed by atoms with Gasteiger partial charge in [-0.15, -0.1) is 0 Å². The van der Waals surface area contributed by atoms with Gasteiger partial charge in [-0.1, -0.05) is 0 Å². The Morgan fingerprint density at radius 2 is 1.32 bits per heavy atom. The molecule has 4 unspecified atom stereocenters. The summed E-state index contributed by atoms with van der Waals surface area (Å²) in [6.45, 7) is 3.63. The van der Waals surface area contributed by atoms with Crippen LogP contribution in [0.3, 0.4) is 0 Å². The average molecular weight is 274 g/mol. The van der Waals surface area contributed by atoms with Crippen LogP contribution < -0.4 is 0 Å². The Bertz CT molecular complexity index is 369. The predicted molar refractivity (Wildman–Crippen MR) is 56.3 cm³/mol. The van der Waals surface area contributed by atoms with E-state index in [2.05, 4.69) is 0 Å². The minimum absolute atomic E-state index is 0.0843. The molecule has 4 atom stereocenters. The quantitative estimate of drug-likeness (QED) is 0.675. The molecule has 3 rings (SSSR count). The molecule has 3 aliphatic heterocycles. The van der Waals surface area contributed by atoms with Gasteiger partial charge in [-0.25, -0.2) is 9.59 Å². The molecule has 8 heteroatoms. The standard InChI is InChI=1S/C11H14O8/c1-11(2)18-7(5-3-14-9(12)16-5)8(19-11)6-4-15-10(13)17-6/h5-8H,3-4H2,1-2H3. The van der Waals surface area contributed by atoms with E-state index >= 15 is 0 Å². The Morgan fingerprint density at radius 3 is 1.63 bits per heavy atom. The minimum Gasteiger partial charge on any atom is -0.430 e. The molecule has 0 saturated carbocycles. The number of hydrogen-bond acceptors (Lipinski definition) is 8. The van der Waals surface area contributed by atoms with E-state index in [9.17, 15) is 9.59 Å². The van der Waals surface area contributed by atoms with Gasteiger partial charge in [-0.2, -0.15) is 0 Å². The van der Waals surface area contributed by atoms with Gasteiger partial charge in [0.1, 0.15) is 25.4 Å². The van der Waals surface area contributed by atoms with Gasteiger partial charge in [-0.05, 0) is 13.8 Å². The first kappa shape index (κ1) is 12.5. The molecule has 0 N–H and O–H groups in total. The summed E-state index contributed by atoms with van der Waals surface area (Å²) in [7, 11) is 0. The maximum atomic E-state index is 11.0. The highest BCUT2D eigenvalue weighted by Crippen LogP contribution is 2.35. The third kappa shape index (κ3) is 2.33. The van der Waals surface area contributed by atoms with E-state index in [1.165, 1.54) is 0 Å². The number of ether oxygens (including phenoxy) is 6. The predicted octanol–water partition coefficient (Wildman–Crippen LogP) is 0.577. The number of carbonyl (C=O) groups is 2. The van der Waals surface area contributed by atoms with Crippen LogP contribution >= 0.6 is 0 Å². The molecule has 0 radical (unpaired) electrons. The van der Waals surface area contributed by atoms with Crippen molar-refractivity contribution in [3.8, 4) is 0 Å². The Labute approximate surface area is 108 Å². The van der Waals surface area contributed by atoms with Gasteiger partial charge in [0.2, 0.25) is 0 Å². The SMILES string of the molecule is CC1(C)OC(C2COC(=O)O2)C(C2COC(=O)O2)O1. The van der Waals surface area contributed by atoms with Crippen molar-refractivity contribution in [2.75, 3.05) is 13.2 Å². The zero-order chi connectivity index (χ0) is 13.6. The molecule has 3 fully saturated rings. The van der Waals surface area contributed by atoms with Crippen LogP contribution in [0.25, 0.3) is 0 Å². The third-order valence-electron chi connectivity index (χ3n) is 3.12. The van der Waals surface area contributed by atoms with Crippen LogP contribution in [-0.2, 0) is 28.4 Å². The lowest BCUT2D eigenvalue weighted by atomic mass is 10.0. The van der Waals surface area contributed by atoms with Crippen LogP contribution in [0.5, 0.6) is 0 Å². The van der Waals surface area contributed by atoms with Crippen molar-refractivity contribution in [1.82, 2.24) is 0 Å². The van der Waals surface area contributed by atoms with Crippen LogP contribution in [0.4, 0.5) is 9.59 Å². The fraction of sp³-hybridized carbons (Fsp3) is 0.818. The Kier molecular flexibility index (Phi) is 2.79. The number of carbonyl (C=O) groups excluding carboxylic acids is 2. The monoisotopic (exact) mass is 274 g/mol. The van der Waals surface area contributed by atoms with E-state index in [0.717, 1.165) is 0 Å². The number of rotatable bonds is 2. The lowest BCUT2D eigenvalue weighted by Crippen LogP contribution is -2.44. The Morgan fingerprint density at radius 1 is 0.895 bits per heavy atom. The molecule has 0 aromatic carbocycles. The molecule has 0 bridgehead atoms. The van der Waals surface area contributed by atoms with Gasteiger partial charge >= 0.3 is 12.3 Å². The normalized spacial score (nSPS) is 40.5. The molecule has 0 amide bonds. The van der Waals surface area contributed by atoms with Crippen LogP contribution in [0.15, 0.2) is 0 Å². The summed E-state index contributed by atoms with van der Waals surface area (Å²) in [6, 6.07) is 0. The zero-order valence-corrected chi connectivity index (χ0v) is 10.5. The Hall–Kier alpha value is -1.54. The summed E-state index contributed by atoms with van der Waals surface area (Å²) in [5.74, 6) is -0.862. The molecule has 0 aromatic heterocycles. The zero-order valence-electron chi connectivity index (χ0n) is 10.5. The molecule has 8 nitrogen and oxygen atoms in total. The van der Waals surface area contributed by atoms with Crippen molar-refractivity contribution in [3.63, 3.8) is 0 Å². The summed E-state index contributed by atoms with van der Waals surface area (Å²) in [5, 5.41) is 0. The van der Waals surface area contributed by atoms with Crippen molar-refractivity contribution < 1.29 is 38.0 Å². The first-order chi connectivity index (χ1) is 8.94. The second-order valence-corrected chi connectivity index (χ2v) is 5.00. The summed E-state index contributed by atoms with van der Waals surface area (Å²) in [5.41, 5.74) is 0. The maximum absolute atomic E-state index is 11.0. The molecule has 3 aliphatic rings. The van der Waals surface area contributed by atoms with E-state index in [1.54, 1.807) is 13.8 Å². The van der Waals surface area contributed by atoms with Crippen molar-refractivity contribution >= 4 is 12.3 Å². The van der Waals surface area contributed by atoms with Crippen LogP contribution in [-0.4, -0.2) is 55.7 Å². The highest BCUT2D eigenvalue weighted by Gasteiger charge is 2.54. The van der Waals surface area contributed by atoms with E-state index in [1.807, 2.05) is 0 Å². The summed E-state index contributed by atoms with van der Waals surface area (Å²) < 4.78 is 30.9. The van der Waals surface area contributed by atoms with Gasteiger partial charge < -0.3 is 28.4 Å². The molecule has 3 heterocycles. The fourth-order valence-corrected chi connectivity index (χ4v) is 2.40. The first-order valence-corrected chi connectivity index (χ1v) is 5.97. The van der Waals surface area contributed by atoms with Gasteiger partial charge in [0, 0.05) is 0 Å². The van der Waals surface area contributed by atoms with E-state index in [-0.39, 0.29) is 13.2 Å². The molecule has 19 heavy (non-hydrogen) atoms. The smallest absolute Gasteiger partial charge is 0.430 e. The second-order valence-electron chi connectivity index (χ2n) is 5.00. The summed E-state index contributed by atoms with van der Waals surface area (Å²) in [4.78, 5) is 22.0. The third-order valence-corrected chi connectivity index (χ3v) is 3.12. The van der Waals surface area contributed by atoms with E-state index in [4.69, 9.17) is 28.4 Å². The molecule has 3 saturated heterocycles. The molecule has 106 valence electrons. The summed E-state index contributed by atoms with van der Waals surface area (Å²) >= 11 is 0. The van der Waals surface area contributed by atoms with Crippen molar-refractivity contribution in [1.29, 1.82) is 0 Å². The highest BCUT2D eigenvalue weighted by molar-refractivity contribution is 5.62. The van der Waals surface area contributed by atoms with Gasteiger partial charge in [0.15, 0.2) is 18.0 Å². The minimum atomic E-state index is -0.862. The Balaban J connectivity index is 1.76. The lowest BCUT2D eigenvalue weighted by molar-refractivity contribution is -0.158. The van der Waals surface area contributed by atoms with Crippen LogP contribution in [0, 0.1) is 0 Å². The lowest BCUT2D eigenvalue weighted by Gasteiger charge is -2.22. The van der Waals surface area contributed by atoms with Gasteiger partial charge in [0.05, 0.1) is 0 Å². The van der Waals surface area contributed by atoms with Crippen molar-refractivity contribution in [2.24, 2.45) is 0 Å². The van der Waals surface area contributed by atoms with Gasteiger partial charge in [0.25, 0.3) is 0 Å². The molecular weight excluding hydrogens is 260 g/mol. The van der Waals surface area contributed by atoms with E-state index in [0.29, 0.717) is 0 Å². The molecule has 0 aromatic rings. The highest BCUT2D eigenvalue weighted by atomic mass is 16.8.